The van der Waals surface area contributed by atoms with Crippen molar-refractivity contribution in [2.24, 2.45) is 0 Å². The van der Waals surface area contributed by atoms with E-state index in [1.807, 2.05) is 0 Å². The fourth-order valence-corrected chi connectivity index (χ4v) is 1.83. The Hall–Kier alpha value is -1.69. The van der Waals surface area contributed by atoms with Gasteiger partial charge in [-0.25, -0.2) is 14.8 Å². The first-order valence-corrected chi connectivity index (χ1v) is 5.54. The van der Waals surface area contributed by atoms with Crippen LogP contribution in [0.1, 0.15) is 10.4 Å². The summed E-state index contributed by atoms with van der Waals surface area (Å²) in [6, 6.07) is 3.36. The number of fused-ring (bicyclic) bond motifs is 1. The third kappa shape index (κ3) is 2.08. The summed E-state index contributed by atoms with van der Waals surface area (Å²) >= 11 is 3.36. The first-order valence-electron chi connectivity index (χ1n) is 4.75. The van der Waals surface area contributed by atoms with Crippen LogP contribution in [0.15, 0.2) is 22.8 Å². The summed E-state index contributed by atoms with van der Waals surface area (Å²) in [4.78, 5) is 20.0. The molecule has 88 valence electrons. The Balaban J connectivity index is 2.73. The number of hydrogen-bond acceptors (Lipinski definition) is 5. The van der Waals surface area contributed by atoms with Crippen molar-refractivity contribution in [3.63, 3.8) is 0 Å². The Bertz CT molecular complexity index is 586. The minimum Gasteiger partial charge on any atom is -0.480 e. The van der Waals surface area contributed by atoms with E-state index in [1.165, 1.54) is 20.4 Å². The molecule has 0 radical (unpaired) electrons. The Labute approximate surface area is 106 Å². The van der Waals surface area contributed by atoms with Gasteiger partial charge in [-0.3, -0.25) is 0 Å². The van der Waals surface area contributed by atoms with Crippen LogP contribution in [0.5, 0.6) is 5.88 Å². The number of benzene rings is 1. The van der Waals surface area contributed by atoms with Gasteiger partial charge in [-0.05, 0) is 28.1 Å². The topological polar surface area (TPSA) is 61.3 Å². The van der Waals surface area contributed by atoms with Gasteiger partial charge in [0.2, 0.25) is 5.88 Å². The van der Waals surface area contributed by atoms with Gasteiger partial charge in [0.1, 0.15) is 11.0 Å². The van der Waals surface area contributed by atoms with Crippen LogP contribution < -0.4 is 4.74 Å². The second-order valence-electron chi connectivity index (χ2n) is 3.20. The standard InChI is InChI=1S/C11H9BrN2O3/c1-16-8-5-13-9-6(11(15)17-2)3-4-7(12)10(9)14-8/h3-5H,1-2H3. The Morgan fingerprint density at radius 1 is 1.29 bits per heavy atom. The van der Waals surface area contributed by atoms with Gasteiger partial charge >= 0.3 is 5.97 Å². The van der Waals surface area contributed by atoms with E-state index in [-0.39, 0.29) is 0 Å². The predicted octanol–water partition coefficient (Wildman–Crippen LogP) is 2.19. The van der Waals surface area contributed by atoms with Gasteiger partial charge in [0.05, 0.1) is 26.0 Å². The molecule has 0 saturated heterocycles. The van der Waals surface area contributed by atoms with Gasteiger partial charge in [-0.15, -0.1) is 0 Å². The van der Waals surface area contributed by atoms with E-state index in [9.17, 15) is 4.79 Å². The summed E-state index contributed by atoms with van der Waals surface area (Å²) in [5.74, 6) is -0.0535. The maximum absolute atomic E-state index is 11.6. The Morgan fingerprint density at radius 2 is 2.06 bits per heavy atom. The lowest BCUT2D eigenvalue weighted by molar-refractivity contribution is 0.0602. The lowest BCUT2D eigenvalue weighted by Gasteiger charge is -2.06. The fourth-order valence-electron chi connectivity index (χ4n) is 1.42. The van der Waals surface area contributed by atoms with E-state index in [0.717, 1.165) is 4.47 Å². The van der Waals surface area contributed by atoms with E-state index >= 15 is 0 Å². The first-order chi connectivity index (χ1) is 8.17. The smallest absolute Gasteiger partial charge is 0.340 e. The van der Waals surface area contributed by atoms with Crippen molar-refractivity contribution in [3.05, 3.63) is 28.4 Å². The zero-order valence-electron chi connectivity index (χ0n) is 9.23. The summed E-state index contributed by atoms with van der Waals surface area (Å²) in [5.41, 5.74) is 1.42. The van der Waals surface area contributed by atoms with Gasteiger partial charge in [0.25, 0.3) is 0 Å². The van der Waals surface area contributed by atoms with E-state index in [0.29, 0.717) is 22.5 Å². The van der Waals surface area contributed by atoms with E-state index < -0.39 is 5.97 Å². The minimum atomic E-state index is -0.443. The number of ether oxygens (including phenoxy) is 2. The van der Waals surface area contributed by atoms with Crippen LogP contribution in [-0.2, 0) is 4.74 Å². The molecule has 1 aromatic heterocycles. The molecule has 0 atom stereocenters. The molecule has 1 aromatic carbocycles. The molecule has 0 N–H and O–H groups in total. The molecule has 6 heteroatoms. The molecule has 0 amide bonds. The van der Waals surface area contributed by atoms with Crippen LogP contribution >= 0.6 is 15.9 Å². The average molecular weight is 297 g/mol. The number of halogens is 1. The number of aromatic nitrogens is 2. The van der Waals surface area contributed by atoms with Gasteiger partial charge in [0, 0.05) is 4.47 Å². The van der Waals surface area contributed by atoms with Gasteiger partial charge in [-0.2, -0.15) is 0 Å². The van der Waals surface area contributed by atoms with Crippen molar-refractivity contribution >= 4 is 32.9 Å². The number of rotatable bonds is 2. The molecule has 0 bridgehead atoms. The van der Waals surface area contributed by atoms with Crippen LogP contribution in [0.2, 0.25) is 0 Å². The van der Waals surface area contributed by atoms with Crippen LogP contribution in [0.3, 0.4) is 0 Å². The predicted molar refractivity (Wildman–Crippen MR) is 65.1 cm³/mol. The molecule has 5 nitrogen and oxygen atoms in total. The van der Waals surface area contributed by atoms with Crippen molar-refractivity contribution in [2.45, 2.75) is 0 Å². The largest absolute Gasteiger partial charge is 0.480 e. The third-order valence-electron chi connectivity index (χ3n) is 2.24. The highest BCUT2D eigenvalue weighted by molar-refractivity contribution is 9.10. The molecule has 0 aliphatic rings. The molecule has 2 aromatic rings. The van der Waals surface area contributed by atoms with Crippen LogP contribution in [0.4, 0.5) is 0 Å². The maximum atomic E-state index is 11.6. The third-order valence-corrected chi connectivity index (χ3v) is 2.88. The molecule has 17 heavy (non-hydrogen) atoms. The molecule has 0 spiro atoms. The fraction of sp³-hybridized carbons (Fsp3) is 0.182. The molecular weight excluding hydrogens is 288 g/mol. The second kappa shape index (κ2) is 4.67. The molecule has 0 saturated carbocycles. The highest BCUT2D eigenvalue weighted by Gasteiger charge is 2.14. The number of carbonyl (C=O) groups is 1. The lowest BCUT2D eigenvalue weighted by Crippen LogP contribution is -2.04. The van der Waals surface area contributed by atoms with Gasteiger partial charge in [-0.1, -0.05) is 0 Å². The monoisotopic (exact) mass is 296 g/mol. The Kier molecular flexibility index (Phi) is 3.23. The van der Waals surface area contributed by atoms with Gasteiger partial charge in [0.15, 0.2) is 0 Å². The van der Waals surface area contributed by atoms with Crippen molar-refractivity contribution in [1.29, 1.82) is 0 Å². The highest BCUT2D eigenvalue weighted by atomic mass is 79.9. The summed E-state index contributed by atoms with van der Waals surface area (Å²) in [5, 5.41) is 0. The van der Waals surface area contributed by atoms with Gasteiger partial charge < -0.3 is 9.47 Å². The molecule has 1 heterocycles. The minimum absolute atomic E-state index is 0.376. The first kappa shape index (κ1) is 11.8. The summed E-state index contributed by atoms with van der Waals surface area (Å²) < 4.78 is 10.4. The summed E-state index contributed by atoms with van der Waals surface area (Å²) in [6.07, 6.45) is 1.46. The molecule has 0 aliphatic carbocycles. The molecule has 0 aliphatic heterocycles. The van der Waals surface area contributed by atoms with E-state index in [4.69, 9.17) is 4.74 Å². The van der Waals surface area contributed by atoms with E-state index in [2.05, 4.69) is 30.6 Å². The van der Waals surface area contributed by atoms with Crippen molar-refractivity contribution < 1.29 is 14.3 Å². The quantitative estimate of drug-likeness (QED) is 0.795. The van der Waals surface area contributed by atoms with Crippen molar-refractivity contribution in [2.75, 3.05) is 14.2 Å². The van der Waals surface area contributed by atoms with Crippen LogP contribution in [0.25, 0.3) is 11.0 Å². The zero-order chi connectivity index (χ0) is 12.4. The lowest BCUT2D eigenvalue weighted by atomic mass is 10.2. The van der Waals surface area contributed by atoms with Crippen molar-refractivity contribution in [3.8, 4) is 5.88 Å². The number of carbonyl (C=O) groups excluding carboxylic acids is 1. The van der Waals surface area contributed by atoms with Crippen LogP contribution in [-0.4, -0.2) is 30.2 Å². The summed E-state index contributed by atoms with van der Waals surface area (Å²) in [6.45, 7) is 0. The zero-order valence-corrected chi connectivity index (χ0v) is 10.8. The number of hydrogen-bond donors (Lipinski definition) is 0. The second-order valence-corrected chi connectivity index (χ2v) is 4.05. The number of esters is 1. The van der Waals surface area contributed by atoms with E-state index in [1.54, 1.807) is 12.1 Å². The number of methoxy groups -OCH3 is 2. The maximum Gasteiger partial charge on any atom is 0.340 e. The SMILES string of the molecule is COC(=O)c1ccc(Br)c2nc(OC)cnc12. The molecule has 0 unspecified atom stereocenters. The summed E-state index contributed by atoms with van der Waals surface area (Å²) in [7, 11) is 2.83. The van der Waals surface area contributed by atoms with Crippen LogP contribution in [0, 0.1) is 0 Å². The molecular formula is C11H9BrN2O3. The number of nitrogens with zero attached hydrogens (tertiary/aromatic N) is 2. The van der Waals surface area contributed by atoms with Crippen molar-refractivity contribution in [1.82, 2.24) is 9.97 Å². The Morgan fingerprint density at radius 3 is 2.71 bits per heavy atom. The highest BCUT2D eigenvalue weighted by Crippen LogP contribution is 2.25. The normalized spacial score (nSPS) is 10.3. The molecule has 2 rings (SSSR count). The average Bonchev–Trinajstić information content (AvgIpc) is 2.38. The molecule has 0 fully saturated rings.